The number of benzene rings is 1. The lowest BCUT2D eigenvalue weighted by molar-refractivity contribution is 0.210. The molecule has 0 saturated carbocycles. The molecule has 1 unspecified atom stereocenters. The largest absolute Gasteiger partial charge is 0.380 e. The number of imidazole rings is 1. The van der Waals surface area contributed by atoms with E-state index >= 15 is 0 Å². The van der Waals surface area contributed by atoms with Crippen molar-refractivity contribution in [3.63, 3.8) is 0 Å². The molecular formula is C13H12F2N4O. The molecule has 0 bridgehead atoms. The number of aromatic nitrogens is 2. The van der Waals surface area contributed by atoms with Gasteiger partial charge in [-0.05, 0) is 6.07 Å². The summed E-state index contributed by atoms with van der Waals surface area (Å²) in [4.78, 5) is 6.69. The molecule has 0 amide bonds. The molecule has 1 aliphatic rings. The highest BCUT2D eigenvalue weighted by Gasteiger charge is 2.26. The number of H-pyrrole nitrogens is 1. The van der Waals surface area contributed by atoms with Crippen molar-refractivity contribution in [2.45, 2.75) is 12.5 Å². The average molecular weight is 278 g/mol. The van der Waals surface area contributed by atoms with Crippen molar-refractivity contribution in [3.05, 3.63) is 47.5 Å². The minimum absolute atomic E-state index is 0.0531. The van der Waals surface area contributed by atoms with Crippen LogP contribution in [0.4, 0.5) is 14.5 Å². The molecule has 1 aromatic heterocycles. The van der Waals surface area contributed by atoms with Gasteiger partial charge in [-0.1, -0.05) is 6.07 Å². The quantitative estimate of drug-likeness (QED) is 0.902. The Hall–Kier alpha value is -2.28. The minimum Gasteiger partial charge on any atom is -0.380 e. The molecule has 0 fully saturated rings. The molecule has 0 spiro atoms. The number of aromatic amines is 1. The summed E-state index contributed by atoms with van der Waals surface area (Å²) in [6.07, 6.45) is 4.11. The molecule has 1 atom stereocenters. The highest BCUT2D eigenvalue weighted by molar-refractivity contribution is 5.67. The van der Waals surface area contributed by atoms with Gasteiger partial charge in [-0.15, -0.1) is 0 Å². The van der Waals surface area contributed by atoms with Gasteiger partial charge in [0.2, 0.25) is 0 Å². The van der Waals surface area contributed by atoms with Crippen molar-refractivity contribution < 1.29 is 13.9 Å². The van der Waals surface area contributed by atoms with Crippen LogP contribution in [-0.2, 0) is 0 Å². The molecule has 5 nitrogen and oxygen atoms in total. The molecule has 0 aliphatic carbocycles. The normalized spacial score (nSPS) is 15.8. The number of aliphatic hydroxyl groups excluding tert-OH is 1. The molecule has 0 saturated heterocycles. The van der Waals surface area contributed by atoms with E-state index in [1.165, 1.54) is 17.3 Å². The van der Waals surface area contributed by atoms with Crippen molar-refractivity contribution in [3.8, 4) is 0 Å². The summed E-state index contributed by atoms with van der Waals surface area (Å²) in [5.74, 6) is -1.73. The molecule has 2 N–H and O–H groups in total. The summed E-state index contributed by atoms with van der Waals surface area (Å²) in [6, 6.07) is 2.33. The van der Waals surface area contributed by atoms with E-state index in [2.05, 4.69) is 15.1 Å². The maximum absolute atomic E-state index is 14.1. The number of hydrogen-bond acceptors (Lipinski definition) is 4. The van der Waals surface area contributed by atoms with Gasteiger partial charge in [0.05, 0.1) is 0 Å². The van der Waals surface area contributed by atoms with E-state index in [1.54, 1.807) is 12.4 Å². The number of hydrogen-bond donors (Lipinski definition) is 2. The van der Waals surface area contributed by atoms with Crippen molar-refractivity contribution in [1.82, 2.24) is 9.97 Å². The number of anilines is 1. The standard InChI is InChI=1S/C13H12F2N4O/c14-9-3-2-8(12(20)13-16-5-6-17-13)11(10(9)15)19-7-1-4-18-19/h2-6,12,20H,1,7H2,(H,16,17). The Bertz CT molecular complexity index is 642. The van der Waals surface area contributed by atoms with E-state index < -0.39 is 17.7 Å². The van der Waals surface area contributed by atoms with Crippen LogP contribution in [0.25, 0.3) is 0 Å². The molecular weight excluding hydrogens is 266 g/mol. The second kappa shape index (κ2) is 5.01. The van der Waals surface area contributed by atoms with E-state index in [4.69, 9.17) is 0 Å². The zero-order valence-electron chi connectivity index (χ0n) is 10.4. The van der Waals surface area contributed by atoms with Gasteiger partial charge in [0.15, 0.2) is 11.6 Å². The third-order valence-electron chi connectivity index (χ3n) is 3.12. The lowest BCUT2D eigenvalue weighted by Crippen LogP contribution is -2.18. The minimum atomic E-state index is -1.18. The number of halogens is 2. The van der Waals surface area contributed by atoms with Gasteiger partial charge in [0.25, 0.3) is 0 Å². The predicted octanol–water partition coefficient (Wildman–Crippen LogP) is 1.97. The topological polar surface area (TPSA) is 64.5 Å². The first-order valence-corrected chi connectivity index (χ1v) is 6.13. The van der Waals surface area contributed by atoms with Crippen LogP contribution >= 0.6 is 0 Å². The smallest absolute Gasteiger partial charge is 0.184 e. The summed E-state index contributed by atoms with van der Waals surface area (Å²) >= 11 is 0. The molecule has 2 heterocycles. The number of rotatable bonds is 3. The van der Waals surface area contributed by atoms with Crippen molar-refractivity contribution in [2.24, 2.45) is 5.10 Å². The maximum atomic E-state index is 14.1. The SMILES string of the molecule is OC(c1ncc[nH]1)c1ccc(F)c(F)c1N1CCC=N1. The molecule has 3 rings (SSSR count). The summed E-state index contributed by atoms with van der Waals surface area (Å²) in [6.45, 7) is 0.443. The fourth-order valence-electron chi connectivity index (χ4n) is 2.18. The number of nitrogens with one attached hydrogen (secondary N) is 1. The predicted molar refractivity (Wildman–Crippen MR) is 69.5 cm³/mol. The maximum Gasteiger partial charge on any atom is 0.184 e. The Morgan fingerprint density at radius 2 is 2.20 bits per heavy atom. The van der Waals surface area contributed by atoms with Gasteiger partial charge in [0.1, 0.15) is 17.6 Å². The summed E-state index contributed by atoms with van der Waals surface area (Å²) < 4.78 is 27.5. The Kier molecular flexibility index (Phi) is 3.19. The van der Waals surface area contributed by atoms with Crippen LogP contribution in [0.1, 0.15) is 23.9 Å². The highest BCUT2D eigenvalue weighted by Crippen LogP contribution is 2.34. The molecule has 1 aliphatic heterocycles. The zero-order valence-corrected chi connectivity index (χ0v) is 10.4. The molecule has 2 aromatic rings. The third kappa shape index (κ3) is 2.05. The Balaban J connectivity index is 2.10. The molecule has 0 radical (unpaired) electrons. The van der Waals surface area contributed by atoms with Gasteiger partial charge in [-0.2, -0.15) is 5.10 Å². The van der Waals surface area contributed by atoms with E-state index in [0.29, 0.717) is 13.0 Å². The average Bonchev–Trinajstić information content (AvgIpc) is 3.13. The third-order valence-corrected chi connectivity index (χ3v) is 3.12. The van der Waals surface area contributed by atoms with Crippen LogP contribution in [0.15, 0.2) is 29.6 Å². The van der Waals surface area contributed by atoms with Gasteiger partial charge in [0, 0.05) is 37.1 Å². The summed E-state index contributed by atoms with van der Waals surface area (Å²) in [5, 5.41) is 15.6. The first-order valence-electron chi connectivity index (χ1n) is 6.13. The van der Waals surface area contributed by atoms with Crippen LogP contribution in [0.2, 0.25) is 0 Å². The number of aliphatic hydroxyl groups is 1. The first-order chi connectivity index (χ1) is 9.68. The lowest BCUT2D eigenvalue weighted by Gasteiger charge is -2.21. The van der Waals surface area contributed by atoms with Crippen LogP contribution in [0, 0.1) is 11.6 Å². The number of hydrazone groups is 1. The van der Waals surface area contributed by atoms with Crippen LogP contribution < -0.4 is 5.01 Å². The van der Waals surface area contributed by atoms with Gasteiger partial charge >= 0.3 is 0 Å². The lowest BCUT2D eigenvalue weighted by atomic mass is 10.1. The number of nitrogens with zero attached hydrogens (tertiary/aromatic N) is 3. The Morgan fingerprint density at radius 1 is 1.35 bits per heavy atom. The molecule has 20 heavy (non-hydrogen) atoms. The van der Waals surface area contributed by atoms with Gasteiger partial charge in [-0.3, -0.25) is 5.01 Å². The zero-order chi connectivity index (χ0) is 14.1. The Labute approximate surface area is 113 Å². The van der Waals surface area contributed by atoms with E-state index in [-0.39, 0.29) is 17.1 Å². The van der Waals surface area contributed by atoms with Crippen molar-refractivity contribution in [1.29, 1.82) is 0 Å². The Morgan fingerprint density at radius 3 is 2.85 bits per heavy atom. The van der Waals surface area contributed by atoms with Crippen molar-refractivity contribution >= 4 is 11.9 Å². The summed E-state index contributed by atoms with van der Waals surface area (Å²) in [5.41, 5.74) is 0.167. The van der Waals surface area contributed by atoms with E-state index in [1.807, 2.05) is 0 Å². The van der Waals surface area contributed by atoms with Crippen molar-refractivity contribution in [2.75, 3.05) is 11.6 Å². The van der Waals surface area contributed by atoms with Crippen LogP contribution in [-0.4, -0.2) is 27.8 Å². The summed E-state index contributed by atoms with van der Waals surface area (Å²) in [7, 11) is 0. The molecule has 1 aromatic carbocycles. The monoisotopic (exact) mass is 278 g/mol. The fraction of sp³-hybridized carbons (Fsp3) is 0.231. The first kappa shape index (κ1) is 12.7. The second-order valence-electron chi connectivity index (χ2n) is 4.39. The molecule has 104 valence electrons. The molecule has 7 heteroatoms. The second-order valence-corrected chi connectivity index (χ2v) is 4.39. The van der Waals surface area contributed by atoms with Gasteiger partial charge in [-0.25, -0.2) is 13.8 Å². The van der Waals surface area contributed by atoms with Crippen LogP contribution in [0.5, 0.6) is 0 Å². The fourth-order valence-corrected chi connectivity index (χ4v) is 2.18. The van der Waals surface area contributed by atoms with Gasteiger partial charge < -0.3 is 10.1 Å². The van der Waals surface area contributed by atoms with E-state index in [9.17, 15) is 13.9 Å². The van der Waals surface area contributed by atoms with E-state index in [0.717, 1.165) is 6.07 Å². The van der Waals surface area contributed by atoms with Crippen LogP contribution in [0.3, 0.4) is 0 Å². The highest BCUT2D eigenvalue weighted by atomic mass is 19.2.